The molecule has 2 aromatic carbocycles. The number of amides is 1. The van der Waals surface area contributed by atoms with Crippen LogP contribution in [-0.2, 0) is 17.5 Å². The zero-order valence-electron chi connectivity index (χ0n) is 17.1. The largest absolute Gasteiger partial charge is 0.454 e. The number of aromatic nitrogens is 3. The van der Waals surface area contributed by atoms with Crippen molar-refractivity contribution < 1.29 is 27.4 Å². The van der Waals surface area contributed by atoms with Crippen LogP contribution in [0.2, 0.25) is 5.02 Å². The van der Waals surface area contributed by atoms with Gasteiger partial charge in [0.15, 0.2) is 11.5 Å². The van der Waals surface area contributed by atoms with Crippen LogP contribution in [0.25, 0.3) is 16.8 Å². The molecule has 0 aliphatic carbocycles. The number of alkyl halides is 3. The van der Waals surface area contributed by atoms with Crippen LogP contribution in [0.4, 0.5) is 18.9 Å². The van der Waals surface area contributed by atoms with Crippen LogP contribution in [0.5, 0.6) is 11.5 Å². The number of nitrogens with one attached hydrogen (secondary N) is 1. The van der Waals surface area contributed by atoms with Crippen molar-refractivity contribution in [3.05, 3.63) is 75.8 Å². The highest BCUT2D eigenvalue weighted by Crippen LogP contribution is 2.36. The molecule has 1 aliphatic rings. The Labute approximate surface area is 194 Å². The fourth-order valence-electron chi connectivity index (χ4n) is 3.49. The van der Waals surface area contributed by atoms with Gasteiger partial charge in [0.05, 0.1) is 22.0 Å². The zero-order valence-corrected chi connectivity index (χ0v) is 17.9. The van der Waals surface area contributed by atoms with E-state index in [0.29, 0.717) is 22.8 Å². The lowest BCUT2D eigenvalue weighted by molar-refractivity contribution is -0.137. The maximum Gasteiger partial charge on any atom is 0.416 e. The number of rotatable bonds is 4. The quantitative estimate of drug-likeness (QED) is 0.463. The van der Waals surface area contributed by atoms with E-state index < -0.39 is 29.8 Å². The maximum absolute atomic E-state index is 13.0. The van der Waals surface area contributed by atoms with Crippen molar-refractivity contribution >= 4 is 28.7 Å². The van der Waals surface area contributed by atoms with Crippen LogP contribution in [0, 0.1) is 0 Å². The molecule has 4 aromatic rings. The molecule has 0 atom stereocenters. The lowest BCUT2D eigenvalue weighted by Gasteiger charge is -2.12. The van der Waals surface area contributed by atoms with Gasteiger partial charge < -0.3 is 19.4 Å². The van der Waals surface area contributed by atoms with Crippen molar-refractivity contribution in [1.82, 2.24) is 14.2 Å². The highest BCUT2D eigenvalue weighted by molar-refractivity contribution is 6.33. The second-order valence-electron chi connectivity index (χ2n) is 7.40. The molecular weight excluding hydrogens is 477 g/mol. The highest BCUT2D eigenvalue weighted by Gasteiger charge is 2.31. The summed E-state index contributed by atoms with van der Waals surface area (Å²) in [6.45, 7) is -0.311. The van der Waals surface area contributed by atoms with Crippen LogP contribution >= 0.6 is 11.6 Å². The fraction of sp³-hybridized carbons (Fsp3) is 0.136. The van der Waals surface area contributed by atoms with Gasteiger partial charge in [-0.25, -0.2) is 4.52 Å². The van der Waals surface area contributed by atoms with E-state index in [1.54, 1.807) is 24.3 Å². The molecule has 1 amide bonds. The van der Waals surface area contributed by atoms with Crippen molar-refractivity contribution in [3.8, 4) is 22.8 Å². The molecule has 1 aliphatic heterocycles. The number of halogens is 4. The first kappa shape index (κ1) is 21.8. The van der Waals surface area contributed by atoms with E-state index >= 15 is 0 Å². The van der Waals surface area contributed by atoms with Crippen LogP contribution in [-0.4, -0.2) is 26.9 Å². The minimum absolute atomic E-state index is 0.0618. The molecule has 174 valence electrons. The molecule has 3 heterocycles. The summed E-state index contributed by atoms with van der Waals surface area (Å²) in [7, 11) is 0. The third-order valence-electron chi connectivity index (χ3n) is 5.15. The molecule has 0 saturated heterocycles. The van der Waals surface area contributed by atoms with Crippen molar-refractivity contribution in [3.63, 3.8) is 0 Å². The van der Waals surface area contributed by atoms with E-state index in [-0.39, 0.29) is 23.0 Å². The summed E-state index contributed by atoms with van der Waals surface area (Å²) < 4.78 is 52.0. The first-order valence-corrected chi connectivity index (χ1v) is 10.2. The monoisotopic (exact) mass is 490 g/mol. The minimum atomic E-state index is -4.59. The average molecular weight is 491 g/mol. The van der Waals surface area contributed by atoms with Gasteiger partial charge in [-0.2, -0.15) is 18.3 Å². The number of anilines is 1. The minimum Gasteiger partial charge on any atom is -0.454 e. The van der Waals surface area contributed by atoms with Crippen molar-refractivity contribution in [2.45, 2.75) is 12.7 Å². The fourth-order valence-corrected chi connectivity index (χ4v) is 3.65. The standard InChI is InChI=1S/C22H14ClF3N4O4/c23-14-3-2-13(22(24,25)26)8-16(14)27-20(31)10-29-5-6-30-17(21(29)32)9-15(28-30)12-1-4-18-19(7-12)34-11-33-18/h1-9H,10-11H2,(H,27,31). The van der Waals surface area contributed by atoms with Crippen LogP contribution in [0.15, 0.2) is 59.7 Å². The number of nitrogens with zero attached hydrogens (tertiary/aromatic N) is 3. The topological polar surface area (TPSA) is 86.9 Å². The number of benzene rings is 2. The second kappa shape index (κ2) is 8.10. The first-order valence-electron chi connectivity index (χ1n) is 9.84. The molecule has 0 bridgehead atoms. The zero-order chi connectivity index (χ0) is 24.0. The SMILES string of the molecule is O=C(Cn1ccn2nc(-c3ccc4c(c3)OCO4)cc2c1=O)Nc1cc(C(F)(F)F)ccc1Cl. The van der Waals surface area contributed by atoms with Crippen molar-refractivity contribution in [1.29, 1.82) is 0 Å². The number of carbonyl (C=O) groups is 1. The van der Waals surface area contributed by atoms with Crippen molar-refractivity contribution in [2.24, 2.45) is 0 Å². The third kappa shape index (κ3) is 4.05. The Balaban J connectivity index is 1.39. The molecule has 34 heavy (non-hydrogen) atoms. The number of carbonyl (C=O) groups excluding carboxylic acids is 1. The Hall–Kier alpha value is -3.99. The van der Waals surface area contributed by atoms with Gasteiger partial charge in [-0.15, -0.1) is 0 Å². The van der Waals surface area contributed by atoms with Crippen molar-refractivity contribution in [2.75, 3.05) is 12.1 Å². The van der Waals surface area contributed by atoms with E-state index in [9.17, 15) is 22.8 Å². The smallest absolute Gasteiger partial charge is 0.416 e. The Morgan fingerprint density at radius 1 is 1.09 bits per heavy atom. The van der Waals surface area contributed by atoms with Crippen LogP contribution < -0.4 is 20.3 Å². The van der Waals surface area contributed by atoms with Gasteiger partial charge in [-0.3, -0.25) is 9.59 Å². The van der Waals surface area contributed by atoms with Gasteiger partial charge in [0.25, 0.3) is 5.56 Å². The molecule has 1 N–H and O–H groups in total. The summed E-state index contributed by atoms with van der Waals surface area (Å²) >= 11 is 5.92. The molecule has 2 aromatic heterocycles. The molecule has 0 unspecified atom stereocenters. The van der Waals surface area contributed by atoms with E-state index in [2.05, 4.69) is 10.4 Å². The lowest BCUT2D eigenvalue weighted by Crippen LogP contribution is -2.28. The Morgan fingerprint density at radius 2 is 1.88 bits per heavy atom. The van der Waals surface area contributed by atoms with E-state index in [0.717, 1.165) is 22.8 Å². The third-order valence-corrected chi connectivity index (χ3v) is 5.48. The summed E-state index contributed by atoms with van der Waals surface area (Å²) in [5.74, 6) is 0.460. The normalized spacial score (nSPS) is 12.8. The van der Waals surface area contributed by atoms with Gasteiger partial charge in [0.1, 0.15) is 12.1 Å². The Bertz CT molecular complexity index is 1500. The molecule has 12 heteroatoms. The summed E-state index contributed by atoms with van der Waals surface area (Å²) in [5.41, 5.74) is -0.248. The molecule has 0 saturated carbocycles. The van der Waals surface area contributed by atoms with Gasteiger partial charge in [-0.1, -0.05) is 11.6 Å². The van der Waals surface area contributed by atoms with Crippen LogP contribution in [0.1, 0.15) is 5.56 Å². The van der Waals surface area contributed by atoms with E-state index in [1.807, 2.05) is 0 Å². The summed E-state index contributed by atoms with van der Waals surface area (Å²) in [6, 6.07) is 9.42. The highest BCUT2D eigenvalue weighted by atomic mass is 35.5. The van der Waals surface area contributed by atoms with Gasteiger partial charge >= 0.3 is 6.18 Å². The predicted octanol–water partition coefficient (Wildman–Crippen LogP) is 4.20. The maximum atomic E-state index is 13.0. The van der Waals surface area contributed by atoms with E-state index in [1.165, 1.54) is 16.9 Å². The van der Waals surface area contributed by atoms with Gasteiger partial charge in [0.2, 0.25) is 12.7 Å². The molecular formula is C22H14ClF3N4O4. The van der Waals surface area contributed by atoms with E-state index in [4.69, 9.17) is 21.1 Å². The molecule has 0 spiro atoms. The average Bonchev–Trinajstić information content (AvgIpc) is 3.43. The summed E-state index contributed by atoms with van der Waals surface area (Å²) in [4.78, 5) is 25.4. The number of hydrogen-bond donors (Lipinski definition) is 1. The van der Waals surface area contributed by atoms with Crippen LogP contribution in [0.3, 0.4) is 0 Å². The first-order chi connectivity index (χ1) is 16.2. The summed E-state index contributed by atoms with van der Waals surface area (Å²) in [6.07, 6.45) is -1.74. The molecule has 0 radical (unpaired) electrons. The lowest BCUT2D eigenvalue weighted by atomic mass is 10.1. The van der Waals surface area contributed by atoms with Gasteiger partial charge in [0, 0.05) is 18.0 Å². The second-order valence-corrected chi connectivity index (χ2v) is 7.81. The molecule has 5 rings (SSSR count). The molecule has 8 nitrogen and oxygen atoms in total. The predicted molar refractivity (Wildman–Crippen MR) is 116 cm³/mol. The van der Waals surface area contributed by atoms with Gasteiger partial charge in [-0.05, 0) is 42.5 Å². The Morgan fingerprint density at radius 3 is 2.68 bits per heavy atom. The Kier molecular flexibility index (Phi) is 5.20. The number of ether oxygens (including phenoxy) is 2. The molecule has 0 fully saturated rings. The number of fused-ring (bicyclic) bond motifs is 2. The number of hydrogen-bond acceptors (Lipinski definition) is 5. The summed E-state index contributed by atoms with van der Waals surface area (Å²) in [5, 5.41) is 6.64.